The van der Waals surface area contributed by atoms with Gasteiger partial charge >= 0.3 is 0 Å². The first-order valence-electron chi connectivity index (χ1n) is 11.1. The number of hydrogen-bond donors (Lipinski definition) is 0. The summed E-state index contributed by atoms with van der Waals surface area (Å²) in [4.78, 5) is 12.6. The van der Waals surface area contributed by atoms with E-state index in [-0.39, 0.29) is 41.6 Å². The van der Waals surface area contributed by atoms with Gasteiger partial charge in [0, 0.05) is 0 Å². The highest BCUT2D eigenvalue weighted by Gasteiger charge is 2.36. The van der Waals surface area contributed by atoms with E-state index in [0.717, 1.165) is 16.7 Å². The Morgan fingerprint density at radius 3 is 1.65 bits per heavy atom. The predicted octanol–water partition coefficient (Wildman–Crippen LogP) is 6.17. The van der Waals surface area contributed by atoms with Crippen LogP contribution in [0.4, 0.5) is 0 Å². The molecule has 1 rings (SSSR count). The molecule has 0 radical (unpaired) electrons. The van der Waals surface area contributed by atoms with E-state index in [4.69, 9.17) is 8.92 Å². The quantitative estimate of drug-likeness (QED) is 0.395. The van der Waals surface area contributed by atoms with Crippen LogP contribution >= 0.6 is 0 Å². The van der Waals surface area contributed by atoms with Crippen LogP contribution in [0.1, 0.15) is 111 Å². The fraction of sp³-hybridized carbons (Fsp3) is 0.720. The van der Waals surface area contributed by atoms with Gasteiger partial charge in [0.2, 0.25) is 0 Å². The number of ketones is 1. The van der Waals surface area contributed by atoms with Gasteiger partial charge in [-0.3, -0.25) is 8.98 Å². The van der Waals surface area contributed by atoms with Gasteiger partial charge in [0.25, 0.3) is 10.1 Å². The minimum Gasteiger partial charge on any atom is -0.375 e. The van der Waals surface area contributed by atoms with E-state index >= 15 is 0 Å². The number of rotatable bonds is 10. The first-order valence-corrected chi connectivity index (χ1v) is 12.5. The lowest BCUT2D eigenvalue weighted by Gasteiger charge is -2.31. The molecular formula is C25H42O5S. The Kier molecular flexibility index (Phi) is 9.09. The molecule has 0 aromatic heterocycles. The molecule has 1 unspecified atom stereocenters. The molecule has 0 aliphatic rings. The molecular weight excluding hydrogens is 412 g/mol. The molecule has 31 heavy (non-hydrogen) atoms. The van der Waals surface area contributed by atoms with Crippen molar-refractivity contribution in [1.82, 2.24) is 0 Å². The highest BCUT2D eigenvalue weighted by molar-refractivity contribution is 7.86. The van der Waals surface area contributed by atoms with E-state index in [2.05, 4.69) is 13.8 Å². The predicted molar refractivity (Wildman–Crippen MR) is 126 cm³/mol. The second-order valence-electron chi connectivity index (χ2n) is 10.7. The minimum atomic E-state index is -4.08. The van der Waals surface area contributed by atoms with Gasteiger partial charge in [0.05, 0.1) is 24.2 Å². The summed E-state index contributed by atoms with van der Waals surface area (Å²) < 4.78 is 38.3. The molecule has 0 aliphatic carbocycles. The molecule has 1 atom stereocenters. The Morgan fingerprint density at radius 1 is 0.871 bits per heavy atom. The Morgan fingerprint density at radius 2 is 1.32 bits per heavy atom. The lowest BCUT2D eigenvalue weighted by atomic mass is 9.88. The summed E-state index contributed by atoms with van der Waals surface area (Å²) in [6.45, 7) is 20.8. The molecule has 0 bridgehead atoms. The van der Waals surface area contributed by atoms with Gasteiger partial charge in [-0.1, -0.05) is 53.7 Å². The lowest BCUT2D eigenvalue weighted by Crippen LogP contribution is -2.39. The summed E-state index contributed by atoms with van der Waals surface area (Å²) in [5.74, 6) is 0.125. The van der Waals surface area contributed by atoms with Crippen LogP contribution in [0.15, 0.2) is 17.0 Å². The Bertz CT molecular complexity index is 847. The van der Waals surface area contributed by atoms with E-state index < -0.39 is 21.1 Å². The molecule has 0 aliphatic heterocycles. The van der Waals surface area contributed by atoms with E-state index in [0.29, 0.717) is 0 Å². The van der Waals surface area contributed by atoms with Crippen molar-refractivity contribution in [1.29, 1.82) is 0 Å². The van der Waals surface area contributed by atoms with Crippen LogP contribution in [-0.4, -0.2) is 33.0 Å². The van der Waals surface area contributed by atoms with Gasteiger partial charge in [0.1, 0.15) is 10.7 Å². The second-order valence-corrected chi connectivity index (χ2v) is 12.3. The average Bonchev–Trinajstić information content (AvgIpc) is 2.62. The molecule has 1 aromatic carbocycles. The summed E-state index contributed by atoms with van der Waals surface area (Å²) in [6, 6.07) is 3.95. The number of Topliss-reactive ketones (excluding diaryl/α,β-unsaturated/α-hetero) is 1. The SMILES string of the molecule is CC(=O)C(C)(COC(C)(C)C)COS(=O)(=O)c1c(C(C)C)cc(C(C)C)cc1C(C)C. The lowest BCUT2D eigenvalue weighted by molar-refractivity contribution is -0.135. The number of carbonyl (C=O) groups is 1. The van der Waals surface area contributed by atoms with Crippen molar-refractivity contribution in [3.63, 3.8) is 0 Å². The second kappa shape index (κ2) is 10.1. The monoisotopic (exact) mass is 454 g/mol. The first kappa shape index (κ1) is 27.8. The Hall–Kier alpha value is -1.24. The van der Waals surface area contributed by atoms with Crippen LogP contribution in [0.3, 0.4) is 0 Å². The molecule has 0 saturated carbocycles. The summed E-state index contributed by atoms with van der Waals surface area (Å²) in [5.41, 5.74) is 1.11. The van der Waals surface area contributed by atoms with Gasteiger partial charge in [0.15, 0.2) is 0 Å². The fourth-order valence-corrected chi connectivity index (χ4v) is 4.77. The van der Waals surface area contributed by atoms with E-state index in [1.54, 1.807) is 6.92 Å². The summed E-state index contributed by atoms with van der Waals surface area (Å²) >= 11 is 0. The molecule has 6 heteroatoms. The Balaban J connectivity index is 3.44. The zero-order valence-corrected chi connectivity index (χ0v) is 22.1. The van der Waals surface area contributed by atoms with Gasteiger partial charge < -0.3 is 4.74 Å². The molecule has 0 amide bonds. The molecule has 178 valence electrons. The third-order valence-corrected chi connectivity index (χ3v) is 6.94. The number of hydrogen-bond acceptors (Lipinski definition) is 5. The van der Waals surface area contributed by atoms with Crippen molar-refractivity contribution in [3.05, 3.63) is 28.8 Å². The molecule has 0 saturated heterocycles. The van der Waals surface area contributed by atoms with E-state index in [1.165, 1.54) is 6.92 Å². The first-order chi connectivity index (χ1) is 13.9. The van der Waals surface area contributed by atoms with Crippen molar-refractivity contribution in [2.24, 2.45) is 5.41 Å². The van der Waals surface area contributed by atoms with Crippen LogP contribution in [-0.2, 0) is 23.8 Å². The minimum absolute atomic E-state index is 0.00740. The van der Waals surface area contributed by atoms with Gasteiger partial charge in [-0.2, -0.15) is 8.42 Å². The van der Waals surface area contributed by atoms with Crippen LogP contribution in [0.25, 0.3) is 0 Å². The van der Waals surface area contributed by atoms with Gasteiger partial charge in [-0.15, -0.1) is 0 Å². The normalized spacial score (nSPS) is 15.0. The van der Waals surface area contributed by atoms with Gasteiger partial charge in [-0.25, -0.2) is 0 Å². The summed E-state index contributed by atoms with van der Waals surface area (Å²) in [7, 11) is -4.08. The fourth-order valence-electron chi connectivity index (χ4n) is 3.07. The summed E-state index contributed by atoms with van der Waals surface area (Å²) in [5, 5.41) is 0. The van der Waals surface area contributed by atoms with Crippen LogP contribution in [0.2, 0.25) is 0 Å². The van der Waals surface area contributed by atoms with E-state index in [9.17, 15) is 13.2 Å². The molecule has 0 heterocycles. The van der Waals surface area contributed by atoms with Crippen LogP contribution in [0.5, 0.6) is 0 Å². The number of carbonyl (C=O) groups excluding carboxylic acids is 1. The molecule has 5 nitrogen and oxygen atoms in total. The maximum absolute atomic E-state index is 13.5. The van der Waals surface area contributed by atoms with Crippen molar-refractivity contribution < 1.29 is 22.1 Å². The summed E-state index contributed by atoms with van der Waals surface area (Å²) in [6.07, 6.45) is 0. The van der Waals surface area contributed by atoms with Gasteiger partial charge in [-0.05, 0) is 69.1 Å². The topological polar surface area (TPSA) is 69.7 Å². The average molecular weight is 455 g/mol. The smallest absolute Gasteiger partial charge is 0.297 e. The third kappa shape index (κ3) is 7.40. The zero-order chi connectivity index (χ0) is 24.4. The van der Waals surface area contributed by atoms with E-state index in [1.807, 2.05) is 60.6 Å². The third-order valence-electron chi connectivity index (χ3n) is 5.54. The molecule has 1 aromatic rings. The van der Waals surface area contributed by atoms with Crippen molar-refractivity contribution >= 4 is 15.9 Å². The van der Waals surface area contributed by atoms with Crippen molar-refractivity contribution in [2.45, 2.75) is 104 Å². The number of ether oxygens (including phenoxy) is 1. The number of benzene rings is 1. The largest absolute Gasteiger partial charge is 0.375 e. The van der Waals surface area contributed by atoms with Crippen molar-refractivity contribution in [3.8, 4) is 0 Å². The molecule has 0 N–H and O–H groups in total. The standard InChI is InChI=1S/C25H42O5S/c1-16(2)20-12-21(17(3)4)23(22(13-20)18(5)6)31(27,28)30-15-25(11,19(7)26)14-29-24(8,9)10/h12-13,16-18H,14-15H2,1-11H3. The van der Waals surface area contributed by atoms with Crippen molar-refractivity contribution in [2.75, 3.05) is 13.2 Å². The zero-order valence-electron chi connectivity index (χ0n) is 21.3. The maximum Gasteiger partial charge on any atom is 0.297 e. The molecule has 0 spiro atoms. The highest BCUT2D eigenvalue weighted by Crippen LogP contribution is 2.36. The van der Waals surface area contributed by atoms with Crippen LogP contribution in [0, 0.1) is 5.41 Å². The highest BCUT2D eigenvalue weighted by atomic mass is 32.2. The Labute approximate surface area is 190 Å². The maximum atomic E-state index is 13.5. The molecule has 0 fully saturated rings. The van der Waals surface area contributed by atoms with Crippen LogP contribution < -0.4 is 0 Å².